The van der Waals surface area contributed by atoms with Gasteiger partial charge in [-0.25, -0.2) is 4.68 Å². The summed E-state index contributed by atoms with van der Waals surface area (Å²) >= 11 is 1.72. The fourth-order valence-corrected chi connectivity index (χ4v) is 5.43. The van der Waals surface area contributed by atoms with E-state index in [1.165, 1.54) is 12.8 Å². The molecule has 7 nitrogen and oxygen atoms in total. The number of benzene rings is 1. The van der Waals surface area contributed by atoms with Crippen molar-refractivity contribution < 1.29 is 14.3 Å². The lowest BCUT2D eigenvalue weighted by Gasteiger charge is -2.32. The van der Waals surface area contributed by atoms with Gasteiger partial charge in [-0.05, 0) is 31.9 Å². The van der Waals surface area contributed by atoms with Crippen LogP contribution in [0.4, 0.5) is 5.82 Å². The van der Waals surface area contributed by atoms with Crippen LogP contribution in [0.2, 0.25) is 0 Å². The molecule has 1 atom stereocenters. The SMILES string of the molecule is CCOC(=O)C1CSCCN1CC(=O)Nc1cc(C2CCCC2)nn1-c1ccccc1. The summed E-state index contributed by atoms with van der Waals surface area (Å²) < 4.78 is 7.03. The number of amides is 1. The molecule has 2 aromatic rings. The lowest BCUT2D eigenvalue weighted by molar-refractivity contribution is -0.148. The molecule has 1 unspecified atom stereocenters. The third kappa shape index (κ3) is 5.30. The van der Waals surface area contributed by atoms with Gasteiger partial charge in [0.2, 0.25) is 5.91 Å². The summed E-state index contributed by atoms with van der Waals surface area (Å²) in [6.07, 6.45) is 4.75. The smallest absolute Gasteiger partial charge is 0.324 e. The molecule has 8 heteroatoms. The van der Waals surface area contributed by atoms with Gasteiger partial charge in [-0.1, -0.05) is 31.0 Å². The number of anilines is 1. The Hall–Kier alpha value is -2.32. The molecule has 31 heavy (non-hydrogen) atoms. The van der Waals surface area contributed by atoms with Crippen molar-refractivity contribution >= 4 is 29.5 Å². The summed E-state index contributed by atoms with van der Waals surface area (Å²) in [6.45, 7) is 2.99. The number of thioether (sulfide) groups is 1. The molecule has 2 aliphatic rings. The first-order chi connectivity index (χ1) is 15.2. The van der Waals surface area contributed by atoms with Crippen LogP contribution in [0.15, 0.2) is 36.4 Å². The van der Waals surface area contributed by atoms with Crippen LogP contribution < -0.4 is 5.32 Å². The second kappa shape index (κ2) is 10.3. The maximum absolute atomic E-state index is 13.0. The van der Waals surface area contributed by atoms with E-state index in [0.29, 0.717) is 30.6 Å². The molecule has 0 radical (unpaired) electrons. The minimum Gasteiger partial charge on any atom is -0.465 e. The molecule has 1 aliphatic carbocycles. The van der Waals surface area contributed by atoms with Gasteiger partial charge >= 0.3 is 5.97 Å². The molecular formula is C23H30N4O3S. The molecule has 0 spiro atoms. The zero-order valence-corrected chi connectivity index (χ0v) is 18.8. The van der Waals surface area contributed by atoms with Crippen molar-refractivity contribution in [2.75, 3.05) is 36.5 Å². The van der Waals surface area contributed by atoms with Gasteiger partial charge in [-0.3, -0.25) is 14.5 Å². The van der Waals surface area contributed by atoms with Crippen LogP contribution in [0.25, 0.3) is 5.69 Å². The van der Waals surface area contributed by atoms with Crippen molar-refractivity contribution in [3.8, 4) is 5.69 Å². The monoisotopic (exact) mass is 442 g/mol. The predicted molar refractivity (Wildman–Crippen MR) is 123 cm³/mol. The van der Waals surface area contributed by atoms with E-state index < -0.39 is 0 Å². The second-order valence-electron chi connectivity index (χ2n) is 8.04. The number of ether oxygens (including phenoxy) is 1. The number of esters is 1. The Bertz CT molecular complexity index is 895. The molecule has 1 saturated carbocycles. The van der Waals surface area contributed by atoms with Crippen molar-refractivity contribution in [1.29, 1.82) is 0 Å². The number of carbonyl (C=O) groups excluding carboxylic acids is 2. The predicted octanol–water partition coefficient (Wildman–Crippen LogP) is 3.45. The number of rotatable bonds is 7. The van der Waals surface area contributed by atoms with E-state index in [9.17, 15) is 9.59 Å². The summed E-state index contributed by atoms with van der Waals surface area (Å²) in [4.78, 5) is 27.2. The lowest BCUT2D eigenvalue weighted by Crippen LogP contribution is -2.50. The number of para-hydroxylation sites is 1. The van der Waals surface area contributed by atoms with E-state index in [1.807, 2.05) is 46.0 Å². The van der Waals surface area contributed by atoms with Crippen molar-refractivity contribution in [1.82, 2.24) is 14.7 Å². The number of nitrogens with one attached hydrogen (secondary N) is 1. The normalized spacial score (nSPS) is 20.0. The van der Waals surface area contributed by atoms with Gasteiger partial charge in [0.15, 0.2) is 0 Å². The molecule has 1 aliphatic heterocycles. The summed E-state index contributed by atoms with van der Waals surface area (Å²) in [5.41, 5.74) is 1.95. The summed E-state index contributed by atoms with van der Waals surface area (Å²) in [7, 11) is 0. The number of carbonyl (C=O) groups is 2. The molecule has 1 N–H and O–H groups in total. The Morgan fingerprint density at radius 1 is 1.23 bits per heavy atom. The Morgan fingerprint density at radius 2 is 2.00 bits per heavy atom. The zero-order valence-electron chi connectivity index (χ0n) is 18.0. The first-order valence-corrected chi connectivity index (χ1v) is 12.2. The molecule has 1 saturated heterocycles. The Labute approximate surface area is 187 Å². The summed E-state index contributed by atoms with van der Waals surface area (Å²) in [5.74, 6) is 2.29. The number of aromatic nitrogens is 2. The summed E-state index contributed by atoms with van der Waals surface area (Å²) in [5, 5.41) is 7.89. The van der Waals surface area contributed by atoms with Crippen LogP contribution in [-0.4, -0.2) is 63.8 Å². The van der Waals surface area contributed by atoms with E-state index in [1.54, 1.807) is 18.7 Å². The molecule has 1 aromatic heterocycles. The number of nitrogens with zero attached hydrogens (tertiary/aromatic N) is 3. The van der Waals surface area contributed by atoms with Crippen molar-refractivity contribution in [3.63, 3.8) is 0 Å². The van der Waals surface area contributed by atoms with Crippen LogP contribution in [0.3, 0.4) is 0 Å². The molecule has 2 heterocycles. The average Bonchev–Trinajstić information content (AvgIpc) is 3.45. The van der Waals surface area contributed by atoms with Gasteiger partial charge in [-0.15, -0.1) is 0 Å². The van der Waals surface area contributed by atoms with E-state index in [2.05, 4.69) is 5.32 Å². The molecule has 1 aromatic carbocycles. The summed E-state index contributed by atoms with van der Waals surface area (Å²) in [6, 6.07) is 11.5. The van der Waals surface area contributed by atoms with Gasteiger partial charge in [0.1, 0.15) is 11.9 Å². The highest BCUT2D eigenvalue weighted by molar-refractivity contribution is 7.99. The van der Waals surface area contributed by atoms with Gasteiger partial charge < -0.3 is 10.1 Å². The molecule has 166 valence electrons. The zero-order chi connectivity index (χ0) is 21.6. The van der Waals surface area contributed by atoms with Crippen LogP contribution in [0, 0.1) is 0 Å². The van der Waals surface area contributed by atoms with Crippen LogP contribution in [0.5, 0.6) is 0 Å². The van der Waals surface area contributed by atoms with Gasteiger partial charge in [0, 0.05) is 30.0 Å². The number of hydrogen-bond donors (Lipinski definition) is 1. The molecule has 1 amide bonds. The van der Waals surface area contributed by atoms with Crippen LogP contribution in [-0.2, 0) is 14.3 Å². The minimum atomic E-state index is -0.377. The fourth-order valence-electron chi connectivity index (χ4n) is 4.33. The topological polar surface area (TPSA) is 76.5 Å². The standard InChI is InChI=1S/C23H30N4O3S/c1-2-30-23(29)20-16-31-13-12-26(20)15-22(28)24-21-14-19(17-8-6-7-9-17)25-27(21)18-10-4-3-5-11-18/h3-5,10-11,14,17,20H,2,6-9,12-13,15-16H2,1H3,(H,24,28). The molecule has 2 fully saturated rings. The van der Waals surface area contributed by atoms with Gasteiger partial charge in [-0.2, -0.15) is 16.9 Å². The maximum atomic E-state index is 13.0. The third-order valence-electron chi connectivity index (χ3n) is 5.91. The molecule has 0 bridgehead atoms. The minimum absolute atomic E-state index is 0.142. The van der Waals surface area contributed by atoms with Crippen molar-refractivity contribution in [2.24, 2.45) is 0 Å². The van der Waals surface area contributed by atoms with Crippen LogP contribution in [0.1, 0.15) is 44.2 Å². The third-order valence-corrected chi connectivity index (χ3v) is 6.94. The highest BCUT2D eigenvalue weighted by atomic mass is 32.2. The average molecular weight is 443 g/mol. The second-order valence-corrected chi connectivity index (χ2v) is 9.19. The largest absolute Gasteiger partial charge is 0.465 e. The quantitative estimate of drug-likeness (QED) is 0.662. The first kappa shape index (κ1) is 21.9. The van der Waals surface area contributed by atoms with Crippen LogP contribution >= 0.6 is 11.8 Å². The van der Waals surface area contributed by atoms with Gasteiger partial charge in [0.05, 0.1) is 24.5 Å². The maximum Gasteiger partial charge on any atom is 0.324 e. The van der Waals surface area contributed by atoms with E-state index >= 15 is 0 Å². The van der Waals surface area contributed by atoms with E-state index in [0.717, 1.165) is 30.0 Å². The lowest BCUT2D eigenvalue weighted by atomic mass is 10.0. The van der Waals surface area contributed by atoms with Crippen molar-refractivity contribution in [3.05, 3.63) is 42.1 Å². The Balaban J connectivity index is 1.51. The fraction of sp³-hybridized carbons (Fsp3) is 0.522. The molecular weight excluding hydrogens is 412 g/mol. The highest BCUT2D eigenvalue weighted by Crippen LogP contribution is 2.35. The molecule has 4 rings (SSSR count). The van der Waals surface area contributed by atoms with Gasteiger partial charge in [0.25, 0.3) is 0 Å². The van der Waals surface area contributed by atoms with E-state index in [4.69, 9.17) is 9.84 Å². The number of hydrogen-bond acceptors (Lipinski definition) is 6. The Kier molecular flexibility index (Phi) is 7.29. The van der Waals surface area contributed by atoms with E-state index in [-0.39, 0.29) is 24.5 Å². The first-order valence-electron chi connectivity index (χ1n) is 11.1. The Morgan fingerprint density at radius 3 is 2.74 bits per heavy atom. The van der Waals surface area contributed by atoms with Crippen molar-refractivity contribution in [2.45, 2.75) is 44.6 Å². The highest BCUT2D eigenvalue weighted by Gasteiger charge is 2.32.